The fourth-order valence-electron chi connectivity index (χ4n) is 4.69. The summed E-state index contributed by atoms with van der Waals surface area (Å²) in [6.45, 7) is 6.90. The van der Waals surface area contributed by atoms with Crippen molar-refractivity contribution in [3.8, 4) is 11.4 Å². The molecule has 0 bridgehead atoms. The van der Waals surface area contributed by atoms with Gasteiger partial charge >= 0.3 is 12.2 Å². The number of halogens is 3. The third-order valence-corrected chi connectivity index (χ3v) is 6.64. The first-order valence-corrected chi connectivity index (χ1v) is 12.8. The van der Waals surface area contributed by atoms with Crippen LogP contribution in [0.5, 0.6) is 0 Å². The number of urea groups is 1. The highest BCUT2D eigenvalue weighted by Crippen LogP contribution is 2.33. The molecule has 13 heteroatoms. The van der Waals surface area contributed by atoms with Gasteiger partial charge in [-0.25, -0.2) is 24.7 Å². The zero-order valence-electron chi connectivity index (χ0n) is 21.6. The second-order valence-corrected chi connectivity index (χ2v) is 9.39. The number of benzene rings is 1. The van der Waals surface area contributed by atoms with Gasteiger partial charge in [0.15, 0.2) is 5.82 Å². The van der Waals surface area contributed by atoms with Crippen LogP contribution < -0.4 is 20.4 Å². The Bertz CT molecular complexity index is 1340. The predicted octanol–water partition coefficient (Wildman–Crippen LogP) is 3.88. The molecular weight excluding hydrogens is 513 g/mol. The lowest BCUT2D eigenvalue weighted by molar-refractivity contribution is -0.141. The molecule has 2 aliphatic heterocycles. The number of hydrogen-bond donors (Lipinski definition) is 2. The lowest BCUT2D eigenvalue weighted by Crippen LogP contribution is -2.45. The molecule has 1 aromatic carbocycles. The molecule has 1 fully saturated rings. The Balaban J connectivity index is 1.50. The highest BCUT2D eigenvalue weighted by molar-refractivity contribution is 5.89. The summed E-state index contributed by atoms with van der Waals surface area (Å²) >= 11 is 0. The van der Waals surface area contributed by atoms with E-state index in [-0.39, 0.29) is 24.6 Å². The molecule has 0 radical (unpaired) electrons. The normalized spacial score (nSPS) is 17.5. The van der Waals surface area contributed by atoms with Gasteiger partial charge in [0.2, 0.25) is 5.95 Å². The van der Waals surface area contributed by atoms with E-state index in [2.05, 4.69) is 32.4 Å². The number of nitrogens with one attached hydrogen (secondary N) is 2. The van der Waals surface area contributed by atoms with Crippen LogP contribution in [0.15, 0.2) is 36.5 Å². The van der Waals surface area contributed by atoms with Gasteiger partial charge in [-0.2, -0.15) is 13.2 Å². The van der Waals surface area contributed by atoms with Crippen molar-refractivity contribution >= 4 is 23.5 Å². The first kappa shape index (κ1) is 26.6. The summed E-state index contributed by atoms with van der Waals surface area (Å²) in [4.78, 5) is 33.5. The minimum atomic E-state index is -4.56. The maximum atomic E-state index is 13.3. The summed E-state index contributed by atoms with van der Waals surface area (Å²) in [5, 5.41) is 5.45. The van der Waals surface area contributed by atoms with E-state index in [1.807, 2.05) is 19.1 Å². The number of amides is 2. The number of hydrogen-bond acceptors (Lipinski definition) is 8. The topological polar surface area (TPSA) is 108 Å². The van der Waals surface area contributed by atoms with Crippen molar-refractivity contribution in [2.75, 3.05) is 48.0 Å². The zero-order chi connectivity index (χ0) is 27.6. The third-order valence-electron chi connectivity index (χ3n) is 6.64. The second-order valence-electron chi connectivity index (χ2n) is 9.39. The molecule has 39 heavy (non-hydrogen) atoms. The van der Waals surface area contributed by atoms with Gasteiger partial charge in [-0.1, -0.05) is 0 Å². The van der Waals surface area contributed by atoms with Gasteiger partial charge in [0.1, 0.15) is 11.5 Å². The predicted molar refractivity (Wildman–Crippen MR) is 140 cm³/mol. The maximum absolute atomic E-state index is 13.3. The summed E-state index contributed by atoms with van der Waals surface area (Å²) in [6.07, 6.45) is -2.90. The standard InChI is InChI=1S/C26H29F3N8O2/c1-3-30-25(38)32-18-6-4-17(5-7-18)22-33-20-14-36(24-31-10-8-21(34-24)26(27,28)29)11-9-19(20)23(35-22)37-12-13-39-15-16(37)2/h4-8,10,16H,3,9,11-15H2,1-2H3,(H2,30,32,38). The van der Waals surface area contributed by atoms with E-state index in [1.165, 1.54) is 0 Å². The molecule has 0 saturated carbocycles. The number of rotatable bonds is 5. The molecule has 10 nitrogen and oxygen atoms in total. The Morgan fingerprint density at radius 2 is 1.92 bits per heavy atom. The van der Waals surface area contributed by atoms with Crippen molar-refractivity contribution in [1.82, 2.24) is 25.3 Å². The van der Waals surface area contributed by atoms with Crippen LogP contribution in [0.2, 0.25) is 0 Å². The number of carbonyl (C=O) groups is 1. The first-order chi connectivity index (χ1) is 18.7. The quantitative estimate of drug-likeness (QED) is 0.500. The van der Waals surface area contributed by atoms with Crippen LogP contribution in [0.3, 0.4) is 0 Å². The second kappa shape index (κ2) is 11.0. The molecule has 3 aromatic rings. The molecule has 2 aliphatic rings. The van der Waals surface area contributed by atoms with Gasteiger partial charge < -0.3 is 25.2 Å². The Labute approximate surface area is 223 Å². The van der Waals surface area contributed by atoms with Crippen LogP contribution >= 0.6 is 0 Å². The van der Waals surface area contributed by atoms with E-state index in [9.17, 15) is 18.0 Å². The number of fused-ring (bicyclic) bond motifs is 1. The maximum Gasteiger partial charge on any atom is 0.433 e. The van der Waals surface area contributed by atoms with E-state index >= 15 is 0 Å². The van der Waals surface area contributed by atoms with Crippen molar-refractivity contribution in [2.24, 2.45) is 0 Å². The Kier molecular flexibility index (Phi) is 7.51. The molecule has 1 saturated heterocycles. The summed E-state index contributed by atoms with van der Waals surface area (Å²) in [7, 11) is 0. The molecule has 2 amide bonds. The smallest absolute Gasteiger partial charge is 0.377 e. The number of anilines is 3. The Morgan fingerprint density at radius 3 is 2.64 bits per heavy atom. The van der Waals surface area contributed by atoms with Crippen molar-refractivity contribution in [1.29, 1.82) is 0 Å². The lowest BCUT2D eigenvalue weighted by Gasteiger charge is -2.37. The number of carbonyl (C=O) groups excluding carboxylic acids is 1. The molecule has 1 unspecified atom stereocenters. The van der Waals surface area contributed by atoms with E-state index in [0.29, 0.717) is 56.5 Å². The van der Waals surface area contributed by atoms with Crippen LogP contribution in [0.4, 0.5) is 35.4 Å². The molecule has 5 rings (SSSR count). The third kappa shape index (κ3) is 5.87. The number of nitrogens with zero attached hydrogens (tertiary/aromatic N) is 6. The van der Waals surface area contributed by atoms with Crippen molar-refractivity contribution in [3.63, 3.8) is 0 Å². The summed E-state index contributed by atoms with van der Waals surface area (Å²) in [5.74, 6) is 1.30. The highest BCUT2D eigenvalue weighted by Gasteiger charge is 2.34. The molecule has 0 spiro atoms. The van der Waals surface area contributed by atoms with E-state index < -0.39 is 11.9 Å². The molecule has 1 atom stereocenters. The van der Waals surface area contributed by atoms with Gasteiger partial charge in [-0.05, 0) is 50.6 Å². The lowest BCUT2D eigenvalue weighted by atomic mass is 10.0. The molecule has 4 heterocycles. The van der Waals surface area contributed by atoms with Gasteiger partial charge in [-0.3, -0.25) is 0 Å². The Morgan fingerprint density at radius 1 is 1.13 bits per heavy atom. The fourth-order valence-corrected chi connectivity index (χ4v) is 4.69. The molecule has 2 N–H and O–H groups in total. The number of aromatic nitrogens is 4. The summed E-state index contributed by atoms with van der Waals surface area (Å²) in [5.41, 5.74) is 2.06. The monoisotopic (exact) mass is 542 g/mol. The van der Waals surface area contributed by atoms with Crippen molar-refractivity contribution in [3.05, 3.63) is 53.5 Å². The van der Waals surface area contributed by atoms with Crippen LogP contribution in [0.1, 0.15) is 30.8 Å². The minimum absolute atomic E-state index is 0.0118. The van der Waals surface area contributed by atoms with E-state index in [0.717, 1.165) is 29.2 Å². The fraction of sp³-hybridized carbons (Fsp3) is 0.423. The Hall–Kier alpha value is -4.00. The molecule has 206 valence electrons. The summed E-state index contributed by atoms with van der Waals surface area (Å²) < 4.78 is 45.5. The van der Waals surface area contributed by atoms with Gasteiger partial charge in [0.25, 0.3) is 0 Å². The van der Waals surface area contributed by atoms with Crippen LogP contribution in [-0.2, 0) is 23.9 Å². The average Bonchev–Trinajstić information content (AvgIpc) is 2.92. The first-order valence-electron chi connectivity index (χ1n) is 12.8. The van der Waals surface area contributed by atoms with Gasteiger partial charge in [-0.15, -0.1) is 0 Å². The zero-order valence-corrected chi connectivity index (χ0v) is 21.6. The molecule has 2 aromatic heterocycles. The van der Waals surface area contributed by atoms with Crippen LogP contribution in [0.25, 0.3) is 11.4 Å². The number of morpholine rings is 1. The SMILES string of the molecule is CCNC(=O)Nc1ccc(-c2nc3c(c(N4CCOCC4C)n2)CCN(c2nccc(C(F)(F)F)n2)C3)cc1. The average molecular weight is 543 g/mol. The van der Waals surface area contributed by atoms with E-state index in [4.69, 9.17) is 14.7 Å². The number of ether oxygens (including phenoxy) is 1. The van der Waals surface area contributed by atoms with Gasteiger partial charge in [0.05, 0.1) is 31.5 Å². The van der Waals surface area contributed by atoms with Crippen molar-refractivity contribution < 1.29 is 22.7 Å². The van der Waals surface area contributed by atoms with Gasteiger partial charge in [0, 0.05) is 42.6 Å². The number of alkyl halides is 3. The van der Waals surface area contributed by atoms with Crippen LogP contribution in [0, 0.1) is 0 Å². The van der Waals surface area contributed by atoms with Crippen LogP contribution in [-0.4, -0.2) is 64.9 Å². The molecule has 0 aliphatic carbocycles. The largest absolute Gasteiger partial charge is 0.433 e. The summed E-state index contributed by atoms with van der Waals surface area (Å²) in [6, 6.07) is 7.86. The minimum Gasteiger partial charge on any atom is -0.377 e. The van der Waals surface area contributed by atoms with E-state index in [1.54, 1.807) is 17.0 Å². The highest BCUT2D eigenvalue weighted by atomic mass is 19.4. The molecular formula is C26H29F3N8O2. The van der Waals surface area contributed by atoms with Crippen molar-refractivity contribution in [2.45, 2.75) is 39.0 Å².